The number of ketones is 1. The fourth-order valence-corrected chi connectivity index (χ4v) is 2.03. The number of hydrogen-bond acceptors (Lipinski definition) is 4. The van der Waals surface area contributed by atoms with Crippen LogP contribution in [0.4, 0.5) is 0 Å². The summed E-state index contributed by atoms with van der Waals surface area (Å²) in [5.74, 6) is -1.43. The van der Waals surface area contributed by atoms with Gasteiger partial charge in [0.25, 0.3) is 0 Å². The molecule has 1 aliphatic carbocycles. The lowest BCUT2D eigenvalue weighted by atomic mass is 9.88. The maximum Gasteiger partial charge on any atom is 0.312 e. The number of nitrogens with zero attached hydrogens (tertiary/aromatic N) is 1. The maximum atomic E-state index is 11.9. The molecule has 0 radical (unpaired) electrons. The first-order chi connectivity index (χ1) is 8.34. The third kappa shape index (κ3) is 3.09. The Labute approximate surface area is 107 Å². The van der Waals surface area contributed by atoms with E-state index in [0.29, 0.717) is 19.4 Å². The lowest BCUT2D eigenvalue weighted by molar-refractivity contribution is -0.151. The van der Waals surface area contributed by atoms with E-state index in [1.807, 2.05) is 0 Å². The summed E-state index contributed by atoms with van der Waals surface area (Å²) >= 11 is 0. The highest BCUT2D eigenvalue weighted by Gasteiger charge is 2.53. The Bertz CT molecular complexity index is 358. The van der Waals surface area contributed by atoms with Gasteiger partial charge in [-0.15, -0.1) is 0 Å². The van der Waals surface area contributed by atoms with E-state index >= 15 is 0 Å². The summed E-state index contributed by atoms with van der Waals surface area (Å²) in [7, 11) is 3.23. The van der Waals surface area contributed by atoms with Crippen LogP contribution in [0.2, 0.25) is 0 Å². The minimum atomic E-state index is -0.730. The molecule has 5 nitrogen and oxygen atoms in total. The van der Waals surface area contributed by atoms with Gasteiger partial charge in [0.2, 0.25) is 5.91 Å². The lowest BCUT2D eigenvalue weighted by Crippen LogP contribution is -2.37. The molecular formula is C13H21NO4. The molecule has 0 aromatic heterocycles. The molecule has 0 saturated heterocycles. The predicted octanol–water partition coefficient (Wildman–Crippen LogP) is 1.01. The average molecular weight is 255 g/mol. The SMILES string of the molecule is CCOC(=O)C1(CC(C(C)=O)C(=O)N(C)C)CC1. The van der Waals surface area contributed by atoms with E-state index in [1.165, 1.54) is 11.8 Å². The minimum Gasteiger partial charge on any atom is -0.466 e. The van der Waals surface area contributed by atoms with Gasteiger partial charge in [0, 0.05) is 14.1 Å². The lowest BCUT2D eigenvalue weighted by Gasteiger charge is -2.22. The van der Waals surface area contributed by atoms with E-state index in [0.717, 1.165) is 0 Å². The maximum absolute atomic E-state index is 11.9. The van der Waals surface area contributed by atoms with Crippen LogP contribution in [0, 0.1) is 11.3 Å². The normalized spacial score (nSPS) is 17.8. The van der Waals surface area contributed by atoms with Crippen molar-refractivity contribution in [3.8, 4) is 0 Å². The number of carbonyl (C=O) groups excluding carboxylic acids is 3. The molecule has 0 bridgehead atoms. The molecule has 1 atom stereocenters. The van der Waals surface area contributed by atoms with Gasteiger partial charge in [-0.3, -0.25) is 14.4 Å². The first-order valence-electron chi connectivity index (χ1n) is 6.23. The number of rotatable bonds is 6. The molecule has 0 aliphatic heterocycles. The number of Topliss-reactive ketones (excluding diaryl/α,β-unsaturated/α-hetero) is 1. The van der Waals surface area contributed by atoms with Crippen molar-refractivity contribution in [3.63, 3.8) is 0 Å². The monoisotopic (exact) mass is 255 g/mol. The molecule has 0 N–H and O–H groups in total. The Kier molecular flexibility index (Phi) is 4.48. The van der Waals surface area contributed by atoms with E-state index < -0.39 is 11.3 Å². The molecule has 1 saturated carbocycles. The highest BCUT2D eigenvalue weighted by atomic mass is 16.5. The Morgan fingerprint density at radius 2 is 1.83 bits per heavy atom. The van der Waals surface area contributed by atoms with Crippen molar-refractivity contribution >= 4 is 17.7 Å². The number of carbonyl (C=O) groups is 3. The standard InChI is InChI=1S/C13H21NO4/c1-5-18-12(17)13(6-7-13)8-10(9(2)15)11(16)14(3)4/h10H,5-8H2,1-4H3. The van der Waals surface area contributed by atoms with Gasteiger partial charge in [-0.1, -0.05) is 0 Å². The van der Waals surface area contributed by atoms with Gasteiger partial charge in [0.15, 0.2) is 0 Å². The Hall–Kier alpha value is -1.39. The number of esters is 1. The molecule has 0 spiro atoms. The van der Waals surface area contributed by atoms with Gasteiger partial charge in [-0.05, 0) is 33.1 Å². The summed E-state index contributed by atoms with van der Waals surface area (Å²) in [5, 5.41) is 0. The van der Waals surface area contributed by atoms with Crippen LogP contribution >= 0.6 is 0 Å². The molecule has 0 aromatic rings. The van der Waals surface area contributed by atoms with Crippen LogP contribution in [0.3, 0.4) is 0 Å². The largest absolute Gasteiger partial charge is 0.466 e. The van der Waals surface area contributed by atoms with Crippen molar-refractivity contribution in [3.05, 3.63) is 0 Å². The first-order valence-corrected chi connectivity index (χ1v) is 6.23. The van der Waals surface area contributed by atoms with Crippen LogP contribution in [0.1, 0.15) is 33.1 Å². The zero-order valence-corrected chi connectivity index (χ0v) is 11.5. The Morgan fingerprint density at radius 1 is 1.28 bits per heavy atom. The quantitative estimate of drug-likeness (QED) is 0.525. The highest BCUT2D eigenvalue weighted by Crippen LogP contribution is 2.52. The van der Waals surface area contributed by atoms with Crippen molar-refractivity contribution in [2.45, 2.75) is 33.1 Å². The second kappa shape index (κ2) is 5.50. The van der Waals surface area contributed by atoms with Crippen LogP contribution in [-0.2, 0) is 19.1 Å². The molecule has 1 rings (SSSR count). The van der Waals surface area contributed by atoms with E-state index in [1.54, 1.807) is 21.0 Å². The molecule has 1 fully saturated rings. The molecule has 102 valence electrons. The second-order valence-corrected chi connectivity index (χ2v) is 5.10. The second-order valence-electron chi connectivity index (χ2n) is 5.10. The van der Waals surface area contributed by atoms with Gasteiger partial charge in [-0.25, -0.2) is 0 Å². The van der Waals surface area contributed by atoms with Gasteiger partial charge in [0.05, 0.1) is 17.9 Å². The van der Waals surface area contributed by atoms with Crippen LogP contribution in [-0.4, -0.2) is 43.3 Å². The topological polar surface area (TPSA) is 63.7 Å². The van der Waals surface area contributed by atoms with E-state index in [-0.39, 0.29) is 24.1 Å². The number of amides is 1. The first kappa shape index (κ1) is 14.7. The Morgan fingerprint density at radius 3 is 2.17 bits per heavy atom. The molecule has 0 heterocycles. The van der Waals surface area contributed by atoms with Crippen molar-refractivity contribution in [2.75, 3.05) is 20.7 Å². The van der Waals surface area contributed by atoms with E-state index in [2.05, 4.69) is 0 Å². The minimum absolute atomic E-state index is 0.190. The molecule has 0 aromatic carbocycles. The van der Waals surface area contributed by atoms with Crippen LogP contribution < -0.4 is 0 Å². The van der Waals surface area contributed by atoms with Crippen molar-refractivity contribution in [1.29, 1.82) is 0 Å². The zero-order valence-electron chi connectivity index (χ0n) is 11.5. The van der Waals surface area contributed by atoms with Gasteiger partial charge >= 0.3 is 5.97 Å². The fourth-order valence-electron chi connectivity index (χ4n) is 2.03. The summed E-state index contributed by atoms with van der Waals surface area (Å²) in [6.45, 7) is 3.47. The summed E-state index contributed by atoms with van der Waals surface area (Å²) < 4.78 is 5.01. The van der Waals surface area contributed by atoms with Crippen LogP contribution in [0.5, 0.6) is 0 Å². The summed E-state index contributed by atoms with van der Waals surface area (Å²) in [5.41, 5.74) is -0.599. The van der Waals surface area contributed by atoms with E-state index in [9.17, 15) is 14.4 Å². The number of hydrogen-bond donors (Lipinski definition) is 0. The van der Waals surface area contributed by atoms with Crippen LogP contribution in [0.25, 0.3) is 0 Å². The summed E-state index contributed by atoms with van der Waals surface area (Å²) in [4.78, 5) is 36.7. The molecule has 1 aliphatic rings. The predicted molar refractivity (Wildman–Crippen MR) is 65.8 cm³/mol. The van der Waals surface area contributed by atoms with Crippen LogP contribution in [0.15, 0.2) is 0 Å². The molecule has 1 unspecified atom stereocenters. The van der Waals surface area contributed by atoms with E-state index in [4.69, 9.17) is 4.74 Å². The molecule has 18 heavy (non-hydrogen) atoms. The summed E-state index contributed by atoms with van der Waals surface area (Å²) in [6.07, 6.45) is 1.69. The number of ether oxygens (including phenoxy) is 1. The zero-order chi connectivity index (χ0) is 13.9. The van der Waals surface area contributed by atoms with Gasteiger partial charge in [-0.2, -0.15) is 0 Å². The third-order valence-electron chi connectivity index (χ3n) is 3.39. The van der Waals surface area contributed by atoms with Crippen molar-refractivity contribution in [1.82, 2.24) is 4.90 Å². The molecule has 1 amide bonds. The van der Waals surface area contributed by atoms with Gasteiger partial charge < -0.3 is 9.64 Å². The van der Waals surface area contributed by atoms with Crippen molar-refractivity contribution < 1.29 is 19.1 Å². The smallest absolute Gasteiger partial charge is 0.312 e. The Balaban J connectivity index is 2.76. The highest BCUT2D eigenvalue weighted by molar-refractivity contribution is 6.00. The average Bonchev–Trinajstić information content (AvgIpc) is 3.06. The summed E-state index contributed by atoms with van der Waals surface area (Å²) in [6, 6.07) is 0. The fraction of sp³-hybridized carbons (Fsp3) is 0.769. The van der Waals surface area contributed by atoms with Crippen molar-refractivity contribution in [2.24, 2.45) is 11.3 Å². The molecular weight excluding hydrogens is 234 g/mol. The third-order valence-corrected chi connectivity index (χ3v) is 3.39. The van der Waals surface area contributed by atoms with Gasteiger partial charge in [0.1, 0.15) is 5.78 Å². The molecule has 5 heteroatoms.